The van der Waals surface area contributed by atoms with E-state index >= 15 is 0 Å². The summed E-state index contributed by atoms with van der Waals surface area (Å²) in [6, 6.07) is 7.15. The molecular weight excluding hydrogens is 454 g/mol. The molecule has 11 heteroatoms. The molecule has 1 aliphatic rings. The van der Waals surface area contributed by atoms with Gasteiger partial charge in [0, 0.05) is 60.1 Å². The summed E-state index contributed by atoms with van der Waals surface area (Å²) in [5.74, 6) is 0.581. The van der Waals surface area contributed by atoms with Gasteiger partial charge in [-0.3, -0.25) is 4.79 Å². The summed E-state index contributed by atoms with van der Waals surface area (Å²) in [5.41, 5.74) is 4.19. The average Bonchev–Trinajstić information content (AvgIpc) is 3.29. The summed E-state index contributed by atoms with van der Waals surface area (Å²) in [6.45, 7) is 2.20. The number of carbonyl (C=O) groups is 1. The zero-order chi connectivity index (χ0) is 23.4. The van der Waals surface area contributed by atoms with Crippen molar-refractivity contribution in [3.63, 3.8) is 0 Å². The Labute approximate surface area is 193 Å². The van der Waals surface area contributed by atoms with Gasteiger partial charge in [0.2, 0.25) is 0 Å². The number of alkyl halides is 3. The molecule has 33 heavy (non-hydrogen) atoms. The molecular formula is C22H21ClF2N6O2. The largest absolute Gasteiger partial charge is 0.487 e. The minimum atomic E-state index is -3.81. The molecule has 1 saturated heterocycles. The number of hydrogen-bond acceptors (Lipinski definition) is 7. The van der Waals surface area contributed by atoms with Gasteiger partial charge in [-0.05, 0) is 49.2 Å². The van der Waals surface area contributed by atoms with Crippen LogP contribution in [0.5, 0.6) is 5.75 Å². The van der Waals surface area contributed by atoms with Crippen molar-refractivity contribution in [2.45, 2.75) is 12.0 Å². The first-order valence-corrected chi connectivity index (χ1v) is 10.6. The number of anilines is 2. The number of carbonyl (C=O) groups excluding carboxylic acids is 1. The third-order valence-corrected chi connectivity index (χ3v) is 5.34. The Kier molecular flexibility index (Phi) is 6.66. The predicted octanol–water partition coefficient (Wildman–Crippen LogP) is 3.74. The molecule has 172 valence electrons. The normalized spacial score (nSPS) is 16.0. The lowest BCUT2D eigenvalue weighted by Gasteiger charge is -2.21. The van der Waals surface area contributed by atoms with Gasteiger partial charge >= 0.3 is 5.57 Å². The van der Waals surface area contributed by atoms with Crippen LogP contribution in [0, 0.1) is 5.92 Å². The fourth-order valence-electron chi connectivity index (χ4n) is 3.64. The summed E-state index contributed by atoms with van der Waals surface area (Å²) < 4.78 is 29.8. The maximum absolute atomic E-state index is 12.9. The van der Waals surface area contributed by atoms with Crippen molar-refractivity contribution in [1.82, 2.24) is 15.0 Å². The van der Waals surface area contributed by atoms with Crippen LogP contribution in [0.3, 0.4) is 0 Å². The van der Waals surface area contributed by atoms with Gasteiger partial charge in [-0.1, -0.05) is 0 Å². The second kappa shape index (κ2) is 9.63. The number of benzene rings is 1. The van der Waals surface area contributed by atoms with Crippen molar-refractivity contribution >= 4 is 29.0 Å². The second-order valence-corrected chi connectivity index (χ2v) is 8.03. The second-order valence-electron chi connectivity index (χ2n) is 7.59. The van der Waals surface area contributed by atoms with E-state index in [-0.39, 0.29) is 5.75 Å². The topological polar surface area (TPSA) is 106 Å². The van der Waals surface area contributed by atoms with Gasteiger partial charge in [-0.25, -0.2) is 15.0 Å². The van der Waals surface area contributed by atoms with Crippen molar-refractivity contribution in [3.05, 3.63) is 60.8 Å². The number of ether oxygens (including phenoxy) is 1. The van der Waals surface area contributed by atoms with E-state index in [0.717, 1.165) is 36.5 Å². The Bertz CT molecular complexity index is 1110. The standard InChI is InChI=1S/C22H21ClF2N6O2/c23-22(24,25)33-18-3-1-17(2-4-18)30-21(32)15-7-19(16-9-27-13-28-10-16)20(29-11-15)31-6-5-14(8-26)12-31/h1-4,7,9-11,13-14H,5-6,8,12,26H2,(H,30,32)/t14-/m0/s1. The van der Waals surface area contributed by atoms with E-state index in [1.165, 1.54) is 36.8 Å². The van der Waals surface area contributed by atoms with Crippen molar-refractivity contribution in [3.8, 4) is 16.9 Å². The maximum atomic E-state index is 12.9. The molecule has 0 radical (unpaired) electrons. The predicted molar refractivity (Wildman–Crippen MR) is 120 cm³/mol. The van der Waals surface area contributed by atoms with Gasteiger partial charge in [-0.2, -0.15) is 0 Å². The fourth-order valence-corrected chi connectivity index (χ4v) is 3.73. The van der Waals surface area contributed by atoms with Gasteiger partial charge in [-0.15, -0.1) is 8.78 Å². The molecule has 8 nitrogen and oxygen atoms in total. The smallest absolute Gasteiger partial charge is 0.420 e. The van der Waals surface area contributed by atoms with Gasteiger partial charge in [0.1, 0.15) is 17.9 Å². The first-order chi connectivity index (χ1) is 15.8. The molecule has 4 rings (SSSR count). The fraction of sp³-hybridized carbons (Fsp3) is 0.273. The summed E-state index contributed by atoms with van der Waals surface area (Å²) >= 11 is 4.76. The number of amides is 1. The zero-order valence-electron chi connectivity index (χ0n) is 17.4. The van der Waals surface area contributed by atoms with Gasteiger partial charge < -0.3 is 20.7 Å². The molecule has 0 bridgehead atoms. The quantitative estimate of drug-likeness (QED) is 0.502. The molecule has 1 atom stereocenters. The third kappa shape index (κ3) is 5.71. The Hall–Kier alpha value is -3.37. The van der Waals surface area contributed by atoms with Crippen LogP contribution in [0.2, 0.25) is 0 Å². The molecule has 0 unspecified atom stereocenters. The molecule has 1 aromatic carbocycles. The number of halogens is 3. The van der Waals surface area contributed by atoms with E-state index in [1.807, 2.05) is 0 Å². The Morgan fingerprint density at radius 3 is 2.61 bits per heavy atom. The zero-order valence-corrected chi connectivity index (χ0v) is 18.2. The third-order valence-electron chi connectivity index (χ3n) is 5.26. The number of hydrogen-bond donors (Lipinski definition) is 2. The van der Waals surface area contributed by atoms with Crippen molar-refractivity contribution in [1.29, 1.82) is 0 Å². The number of nitrogens with one attached hydrogen (secondary N) is 1. The van der Waals surface area contributed by atoms with Crippen LogP contribution in [0.1, 0.15) is 16.8 Å². The van der Waals surface area contributed by atoms with E-state index in [1.54, 1.807) is 18.5 Å². The van der Waals surface area contributed by atoms with E-state index in [2.05, 4.69) is 29.9 Å². The minimum Gasteiger partial charge on any atom is -0.420 e. The van der Waals surface area contributed by atoms with Crippen LogP contribution in [-0.2, 0) is 0 Å². The van der Waals surface area contributed by atoms with E-state index in [4.69, 9.17) is 17.3 Å². The Morgan fingerprint density at radius 1 is 1.24 bits per heavy atom. The first kappa shape index (κ1) is 22.8. The lowest BCUT2D eigenvalue weighted by atomic mass is 10.1. The molecule has 2 aromatic heterocycles. The van der Waals surface area contributed by atoms with Crippen LogP contribution in [0.4, 0.5) is 20.3 Å². The van der Waals surface area contributed by atoms with Crippen LogP contribution in [-0.4, -0.2) is 46.1 Å². The maximum Gasteiger partial charge on any atom is 0.487 e. The highest BCUT2D eigenvalue weighted by Gasteiger charge is 2.28. The molecule has 3 heterocycles. The molecule has 1 fully saturated rings. The molecule has 3 N–H and O–H groups in total. The number of nitrogens with two attached hydrogens (primary N) is 1. The summed E-state index contributed by atoms with van der Waals surface area (Å²) in [4.78, 5) is 27.7. The molecule has 0 saturated carbocycles. The van der Waals surface area contributed by atoms with Crippen LogP contribution < -0.4 is 20.7 Å². The van der Waals surface area contributed by atoms with Crippen molar-refractivity contribution < 1.29 is 18.3 Å². The molecule has 1 amide bonds. The van der Waals surface area contributed by atoms with Crippen LogP contribution >= 0.6 is 11.6 Å². The Balaban J connectivity index is 1.57. The van der Waals surface area contributed by atoms with Crippen molar-refractivity contribution in [2.75, 3.05) is 29.9 Å². The van der Waals surface area contributed by atoms with Gasteiger partial charge in [0.05, 0.1) is 5.56 Å². The van der Waals surface area contributed by atoms with Crippen LogP contribution in [0.15, 0.2) is 55.2 Å². The highest BCUT2D eigenvalue weighted by molar-refractivity contribution is 6.20. The summed E-state index contributed by atoms with van der Waals surface area (Å²) in [7, 11) is 0. The summed E-state index contributed by atoms with van der Waals surface area (Å²) in [5, 5.41) is 2.72. The van der Waals surface area contributed by atoms with E-state index < -0.39 is 11.5 Å². The highest BCUT2D eigenvalue weighted by atomic mass is 35.5. The molecule has 3 aromatic rings. The monoisotopic (exact) mass is 474 g/mol. The summed E-state index contributed by atoms with van der Waals surface area (Å²) in [6.07, 6.45) is 7.23. The van der Waals surface area contributed by atoms with Gasteiger partial charge in [0.25, 0.3) is 5.91 Å². The minimum absolute atomic E-state index is 0.133. The number of aromatic nitrogens is 3. The lowest BCUT2D eigenvalue weighted by molar-refractivity contribution is -0.0964. The van der Waals surface area contributed by atoms with E-state index in [9.17, 15) is 13.6 Å². The molecule has 0 spiro atoms. The lowest BCUT2D eigenvalue weighted by Crippen LogP contribution is -2.24. The van der Waals surface area contributed by atoms with Crippen LogP contribution in [0.25, 0.3) is 11.1 Å². The molecule has 1 aliphatic heterocycles. The molecule has 0 aliphatic carbocycles. The first-order valence-electron chi connectivity index (χ1n) is 10.2. The van der Waals surface area contributed by atoms with E-state index in [0.29, 0.717) is 23.7 Å². The number of rotatable bonds is 7. The van der Waals surface area contributed by atoms with Gasteiger partial charge in [0.15, 0.2) is 0 Å². The highest BCUT2D eigenvalue weighted by Crippen LogP contribution is 2.32. The number of nitrogens with zero attached hydrogens (tertiary/aromatic N) is 4. The number of pyridine rings is 1. The van der Waals surface area contributed by atoms with Crippen molar-refractivity contribution in [2.24, 2.45) is 11.7 Å². The SMILES string of the molecule is NC[C@@H]1CCN(c2ncc(C(=O)Nc3ccc(OC(F)(F)Cl)cc3)cc2-c2cncnc2)C1. The average molecular weight is 475 g/mol. The Morgan fingerprint density at radius 2 is 1.97 bits per heavy atom.